The zero-order valence-corrected chi connectivity index (χ0v) is 25.9. The predicted molar refractivity (Wildman–Crippen MR) is 161 cm³/mol. The highest BCUT2D eigenvalue weighted by molar-refractivity contribution is 7.85. The minimum Gasteiger partial charge on any atom is -0.480 e. The molecule has 0 aliphatic carbocycles. The number of anilines is 1. The quantitative estimate of drug-likeness (QED) is 0.160. The van der Waals surface area contributed by atoms with Crippen molar-refractivity contribution in [3.05, 3.63) is 59.8 Å². The highest BCUT2D eigenvalue weighted by atomic mass is 32.2. The molecule has 0 fully saturated rings. The van der Waals surface area contributed by atoms with E-state index < -0.39 is 45.7 Å². The van der Waals surface area contributed by atoms with Gasteiger partial charge in [0.2, 0.25) is 19.2 Å². The summed E-state index contributed by atoms with van der Waals surface area (Å²) in [5.41, 5.74) is -0.473. The molecule has 2 aliphatic heterocycles. The third kappa shape index (κ3) is 6.29. The summed E-state index contributed by atoms with van der Waals surface area (Å²) >= 11 is 3.38. The van der Waals surface area contributed by atoms with Crippen LogP contribution in [0.4, 0.5) is 10.1 Å². The first-order valence-corrected chi connectivity index (χ1v) is 17.0. The smallest absolute Gasteiger partial charge is 0.370 e. The standard InChI is InChI=1S/C26H20FN3O11S4/c27-13(25-28(3-1-5-45(36,37)38)14-7-16-17(40-12-39-16)8-15(14)41-25)6-19-24(35)29(10-22(31)32)20(44-19)9-21-30(11-23(33)34)26-18(43-21)2-4-42-26/h2,4,6-9H,1,3,5,10-12H2,(H2-,31,32,33,34,36,37,38)/p+1/b19-6+,25-13+. The molecule has 19 heteroatoms. The molecule has 0 radical (unpaired) electrons. The Labute approximate surface area is 263 Å². The lowest BCUT2D eigenvalue weighted by Gasteiger charge is -2.18. The lowest BCUT2D eigenvalue weighted by atomic mass is 10.2. The van der Waals surface area contributed by atoms with E-state index in [1.165, 1.54) is 50.3 Å². The molecule has 0 unspecified atom stereocenters. The van der Waals surface area contributed by atoms with Gasteiger partial charge in [0.1, 0.15) is 15.9 Å². The molecular formula is C26H21FN3O11S4+. The zero-order chi connectivity index (χ0) is 32.0. The maximum Gasteiger partial charge on any atom is 0.370 e. The minimum atomic E-state index is -4.30. The Balaban J connectivity index is 1.46. The Morgan fingerprint density at radius 2 is 1.87 bits per heavy atom. The Kier molecular flexibility index (Phi) is 8.12. The fourth-order valence-electron chi connectivity index (χ4n) is 4.71. The average molecular weight is 699 g/mol. The molecule has 0 atom stereocenters. The Morgan fingerprint density at radius 1 is 1.11 bits per heavy atom. The summed E-state index contributed by atoms with van der Waals surface area (Å²) in [4.78, 5) is 38.6. The molecule has 3 N–H and O–H groups in total. The summed E-state index contributed by atoms with van der Waals surface area (Å²) in [7, 11) is -4.30. The number of allylic oxidation sites excluding steroid dienone is 1. The van der Waals surface area contributed by atoms with Crippen LogP contribution in [-0.4, -0.2) is 58.8 Å². The predicted octanol–water partition coefficient (Wildman–Crippen LogP) is 1.30. The van der Waals surface area contributed by atoms with E-state index >= 15 is 4.39 Å². The minimum absolute atomic E-state index is 0.0356. The van der Waals surface area contributed by atoms with Crippen LogP contribution in [0.1, 0.15) is 11.4 Å². The number of nitrogens with zero attached hydrogens (tertiary/aromatic N) is 3. The number of thiophene rings is 1. The molecule has 0 spiro atoms. The van der Waals surface area contributed by atoms with Crippen molar-refractivity contribution in [1.29, 1.82) is 0 Å². The van der Waals surface area contributed by atoms with Crippen molar-refractivity contribution in [2.45, 2.75) is 19.5 Å². The molecule has 0 amide bonds. The third-order valence-electron chi connectivity index (χ3n) is 6.55. The number of ether oxygens (including phenoxy) is 3. The molecule has 3 aromatic heterocycles. The molecule has 0 saturated carbocycles. The van der Waals surface area contributed by atoms with E-state index in [9.17, 15) is 37.6 Å². The second kappa shape index (κ2) is 11.9. The molecular weight excluding hydrogens is 678 g/mol. The largest absolute Gasteiger partial charge is 0.480 e. The summed E-state index contributed by atoms with van der Waals surface area (Å²) in [6.07, 6.45) is 2.27. The number of fused-ring (bicyclic) bond motifs is 3. The number of hydrogen-bond donors (Lipinski definition) is 3. The topological polar surface area (TPSA) is 186 Å². The van der Waals surface area contributed by atoms with Crippen molar-refractivity contribution in [2.75, 3.05) is 24.0 Å². The fraction of sp³-hybridized carbons (Fsp3) is 0.231. The number of rotatable bonds is 10. The van der Waals surface area contributed by atoms with Crippen LogP contribution in [0.25, 0.3) is 21.7 Å². The number of aromatic nitrogens is 2. The third-order valence-corrected chi connectivity index (χ3v) is 10.6. The van der Waals surface area contributed by atoms with Crippen LogP contribution < -0.4 is 38.4 Å². The van der Waals surface area contributed by atoms with Crippen molar-refractivity contribution < 1.29 is 55.9 Å². The van der Waals surface area contributed by atoms with E-state index in [1.54, 1.807) is 5.38 Å². The van der Waals surface area contributed by atoms with Crippen LogP contribution in [0.15, 0.2) is 40.1 Å². The second-order valence-corrected chi connectivity index (χ2v) is 14.2. The first kappa shape index (κ1) is 30.7. The molecule has 45 heavy (non-hydrogen) atoms. The molecule has 14 nitrogen and oxygen atoms in total. The summed E-state index contributed by atoms with van der Waals surface area (Å²) in [6.45, 7) is -1.24. The normalized spacial score (nSPS) is 16.0. The van der Waals surface area contributed by atoms with Gasteiger partial charge in [0, 0.05) is 24.8 Å². The molecule has 2 aliphatic rings. The number of carbonyl (C=O) groups is 2. The van der Waals surface area contributed by atoms with Gasteiger partial charge in [0.05, 0.1) is 22.0 Å². The second-order valence-electron chi connectivity index (χ2n) is 9.61. The van der Waals surface area contributed by atoms with E-state index in [-0.39, 0.29) is 47.1 Å². The Hall–Kier alpha value is -4.30. The first-order chi connectivity index (χ1) is 21.4. The lowest BCUT2D eigenvalue weighted by molar-refractivity contribution is -0.655. The summed E-state index contributed by atoms with van der Waals surface area (Å²) < 4.78 is 67.6. The number of carboxylic acid groups (broad SMARTS) is 2. The van der Waals surface area contributed by atoms with E-state index in [0.29, 0.717) is 27.0 Å². The fourth-order valence-corrected chi connectivity index (χ4v) is 8.51. The maximum atomic E-state index is 16.0. The van der Waals surface area contributed by atoms with Gasteiger partial charge >= 0.3 is 11.9 Å². The van der Waals surface area contributed by atoms with Crippen molar-refractivity contribution in [2.24, 2.45) is 0 Å². The summed E-state index contributed by atoms with van der Waals surface area (Å²) in [5, 5.41) is 21.2. The van der Waals surface area contributed by atoms with E-state index in [1.807, 2.05) is 6.07 Å². The number of carboxylic acids is 2. The zero-order valence-electron chi connectivity index (χ0n) is 22.7. The van der Waals surface area contributed by atoms with Crippen LogP contribution in [0.5, 0.6) is 17.2 Å². The monoisotopic (exact) mass is 698 g/mol. The molecule has 236 valence electrons. The van der Waals surface area contributed by atoms with Crippen molar-refractivity contribution >= 4 is 83.4 Å². The molecule has 0 bridgehead atoms. The molecule has 4 aromatic rings. The lowest BCUT2D eigenvalue weighted by Crippen LogP contribution is -2.39. The van der Waals surface area contributed by atoms with Gasteiger partial charge in [-0.1, -0.05) is 22.7 Å². The van der Waals surface area contributed by atoms with Gasteiger partial charge < -0.3 is 29.3 Å². The van der Waals surface area contributed by atoms with Crippen molar-refractivity contribution in [3.8, 4) is 17.2 Å². The molecule has 0 saturated heterocycles. The highest BCUT2D eigenvalue weighted by Crippen LogP contribution is 2.48. The van der Waals surface area contributed by atoms with E-state index in [0.717, 1.165) is 26.7 Å². The SMILES string of the molecule is O=C(O)Cn1c(=Cc2sc3ccsc3[n+]2CC(=O)O)s/c(=C/C(F)=C2\Oc3cc4c(cc3N2CCCS(=O)(=O)O)OCO4)c1=O. The van der Waals surface area contributed by atoms with Crippen LogP contribution in [-0.2, 0) is 32.8 Å². The van der Waals surface area contributed by atoms with E-state index in [2.05, 4.69) is 0 Å². The van der Waals surface area contributed by atoms with Crippen LogP contribution in [0.3, 0.4) is 0 Å². The van der Waals surface area contributed by atoms with Gasteiger partial charge in [0.15, 0.2) is 23.1 Å². The van der Waals surface area contributed by atoms with Gasteiger partial charge in [0.25, 0.3) is 25.5 Å². The van der Waals surface area contributed by atoms with Crippen LogP contribution in [0.2, 0.25) is 0 Å². The Bertz CT molecular complexity index is 2200. The number of halogens is 1. The van der Waals surface area contributed by atoms with Gasteiger partial charge in [-0.15, -0.1) is 11.3 Å². The average Bonchev–Trinajstić information content (AvgIpc) is 3.76. The van der Waals surface area contributed by atoms with Gasteiger partial charge in [-0.2, -0.15) is 13.0 Å². The van der Waals surface area contributed by atoms with Crippen molar-refractivity contribution in [3.63, 3.8) is 0 Å². The molecule has 1 aromatic carbocycles. The van der Waals surface area contributed by atoms with Gasteiger partial charge in [-0.3, -0.25) is 18.7 Å². The number of hydrogen-bond acceptors (Lipinski definition) is 12. The van der Waals surface area contributed by atoms with Gasteiger partial charge in [-0.25, -0.2) is 9.18 Å². The summed E-state index contributed by atoms with van der Waals surface area (Å²) in [6, 6.07) is 4.82. The van der Waals surface area contributed by atoms with E-state index in [4.69, 9.17) is 14.2 Å². The number of thiazole rings is 2. The van der Waals surface area contributed by atoms with Crippen LogP contribution >= 0.6 is 34.0 Å². The van der Waals surface area contributed by atoms with Crippen molar-refractivity contribution in [1.82, 2.24) is 4.57 Å². The Morgan fingerprint density at radius 3 is 2.58 bits per heavy atom. The molecule has 5 heterocycles. The first-order valence-electron chi connectivity index (χ1n) is 12.9. The highest BCUT2D eigenvalue weighted by Gasteiger charge is 2.33. The number of aliphatic carboxylic acids is 2. The summed E-state index contributed by atoms with van der Waals surface area (Å²) in [5.74, 6) is -3.54. The molecule has 6 rings (SSSR count). The van der Waals surface area contributed by atoms with Crippen LogP contribution in [0, 0.1) is 0 Å². The van der Waals surface area contributed by atoms with Gasteiger partial charge in [-0.05, 0) is 17.9 Å². The number of benzene rings is 1. The maximum absolute atomic E-state index is 16.0.